The van der Waals surface area contributed by atoms with Gasteiger partial charge in [-0.1, -0.05) is 11.6 Å². The van der Waals surface area contributed by atoms with Crippen LogP contribution in [0.15, 0.2) is 11.1 Å². The summed E-state index contributed by atoms with van der Waals surface area (Å²) in [5, 5.41) is 3.17. The van der Waals surface area contributed by atoms with Gasteiger partial charge in [-0.2, -0.15) is 0 Å². The Balaban J connectivity index is 1.93. The van der Waals surface area contributed by atoms with Crippen molar-refractivity contribution in [2.45, 2.75) is 18.9 Å². The third-order valence-electron chi connectivity index (χ3n) is 2.63. The Kier molecular flexibility index (Phi) is 2.93. The zero-order valence-corrected chi connectivity index (χ0v) is 8.92. The lowest BCUT2D eigenvalue weighted by Crippen LogP contribution is -2.39. The lowest BCUT2D eigenvalue weighted by Gasteiger charge is -2.32. The molecule has 0 saturated heterocycles. The molecular formula is C9H13ClN4O. The number of aromatic amines is 1. The van der Waals surface area contributed by atoms with Crippen molar-refractivity contribution in [2.24, 2.45) is 11.7 Å². The van der Waals surface area contributed by atoms with Gasteiger partial charge in [0.1, 0.15) is 5.02 Å². The average Bonchev–Trinajstić information content (AvgIpc) is 2.17. The van der Waals surface area contributed by atoms with E-state index in [1.165, 1.54) is 6.33 Å². The van der Waals surface area contributed by atoms with Gasteiger partial charge in [-0.3, -0.25) is 4.79 Å². The molecule has 1 saturated carbocycles. The van der Waals surface area contributed by atoms with Crippen LogP contribution < -0.4 is 16.6 Å². The zero-order valence-electron chi connectivity index (χ0n) is 8.16. The number of anilines is 1. The summed E-state index contributed by atoms with van der Waals surface area (Å²) in [6.45, 7) is 0.768. The maximum atomic E-state index is 11.1. The van der Waals surface area contributed by atoms with E-state index < -0.39 is 0 Å². The fourth-order valence-electron chi connectivity index (χ4n) is 1.70. The monoisotopic (exact) mass is 228 g/mol. The van der Waals surface area contributed by atoms with Crippen molar-refractivity contribution in [2.75, 3.05) is 11.9 Å². The molecule has 0 aromatic carbocycles. The Labute approximate surface area is 92.0 Å². The van der Waals surface area contributed by atoms with Crippen molar-refractivity contribution in [3.63, 3.8) is 0 Å². The normalized spacial score (nSPS) is 24.7. The fourth-order valence-corrected chi connectivity index (χ4v) is 1.87. The van der Waals surface area contributed by atoms with Gasteiger partial charge in [-0.25, -0.2) is 4.98 Å². The Morgan fingerprint density at radius 1 is 1.67 bits per heavy atom. The summed E-state index contributed by atoms with van der Waals surface area (Å²) in [6, 6.07) is 0.333. The summed E-state index contributed by atoms with van der Waals surface area (Å²) in [7, 11) is 0. The lowest BCUT2D eigenvalue weighted by molar-refractivity contribution is 0.280. The smallest absolute Gasteiger partial charge is 0.271 e. The van der Waals surface area contributed by atoms with Crippen LogP contribution in [0.1, 0.15) is 12.8 Å². The summed E-state index contributed by atoms with van der Waals surface area (Å²) in [5.41, 5.74) is 5.35. The van der Waals surface area contributed by atoms with E-state index in [2.05, 4.69) is 15.3 Å². The van der Waals surface area contributed by atoms with Gasteiger partial charge in [0.05, 0.1) is 6.33 Å². The number of aromatic nitrogens is 2. The quantitative estimate of drug-likeness (QED) is 0.707. The van der Waals surface area contributed by atoms with E-state index in [0.717, 1.165) is 19.4 Å². The second-order valence-electron chi connectivity index (χ2n) is 3.87. The molecule has 1 aliphatic rings. The van der Waals surface area contributed by atoms with Crippen molar-refractivity contribution in [3.05, 3.63) is 21.7 Å². The first kappa shape index (κ1) is 10.4. The molecule has 82 valence electrons. The minimum Gasteiger partial charge on any atom is -0.368 e. The van der Waals surface area contributed by atoms with Crippen LogP contribution in [0.4, 0.5) is 5.82 Å². The number of nitrogens with two attached hydrogens (primary N) is 1. The van der Waals surface area contributed by atoms with E-state index in [9.17, 15) is 4.79 Å². The molecule has 2 rings (SSSR count). The number of nitrogens with one attached hydrogen (secondary N) is 2. The van der Waals surface area contributed by atoms with E-state index in [1.54, 1.807) is 0 Å². The van der Waals surface area contributed by atoms with Gasteiger partial charge in [0.25, 0.3) is 5.56 Å². The molecular weight excluding hydrogens is 216 g/mol. The first-order valence-corrected chi connectivity index (χ1v) is 5.27. The van der Waals surface area contributed by atoms with E-state index in [4.69, 9.17) is 17.3 Å². The first-order chi connectivity index (χ1) is 7.16. The molecule has 0 aliphatic heterocycles. The number of nitrogens with zero attached hydrogens (tertiary/aromatic N) is 1. The number of halogens is 1. The molecule has 0 atom stereocenters. The van der Waals surface area contributed by atoms with Crippen LogP contribution in [-0.2, 0) is 0 Å². The van der Waals surface area contributed by atoms with Crippen LogP contribution in [0, 0.1) is 5.92 Å². The molecule has 6 heteroatoms. The molecule has 1 fully saturated rings. The molecule has 1 aliphatic carbocycles. The Hall–Kier alpha value is -1.07. The van der Waals surface area contributed by atoms with Crippen molar-refractivity contribution in [1.29, 1.82) is 0 Å². The molecule has 5 nitrogen and oxygen atoms in total. The predicted octanol–water partition coefficient (Wildman–Crippen LogP) is 0.572. The van der Waals surface area contributed by atoms with Crippen LogP contribution in [0.2, 0.25) is 5.02 Å². The third-order valence-corrected chi connectivity index (χ3v) is 2.98. The highest BCUT2D eigenvalue weighted by molar-refractivity contribution is 6.32. The van der Waals surface area contributed by atoms with Crippen LogP contribution in [0.5, 0.6) is 0 Å². The van der Waals surface area contributed by atoms with E-state index in [-0.39, 0.29) is 10.6 Å². The fraction of sp³-hybridized carbons (Fsp3) is 0.556. The number of hydrogen-bond acceptors (Lipinski definition) is 4. The second-order valence-corrected chi connectivity index (χ2v) is 4.25. The van der Waals surface area contributed by atoms with Gasteiger partial charge in [0.2, 0.25) is 0 Å². The van der Waals surface area contributed by atoms with Crippen molar-refractivity contribution in [1.82, 2.24) is 9.97 Å². The molecule has 4 N–H and O–H groups in total. The molecule has 0 bridgehead atoms. The number of hydrogen-bond donors (Lipinski definition) is 3. The van der Waals surface area contributed by atoms with Gasteiger partial charge in [0.15, 0.2) is 5.82 Å². The SMILES string of the molecule is NC1CC(CNc2nc[nH]c(=O)c2Cl)C1. The number of rotatable bonds is 3. The highest BCUT2D eigenvalue weighted by Crippen LogP contribution is 2.26. The van der Waals surface area contributed by atoms with Gasteiger partial charge in [-0.15, -0.1) is 0 Å². The molecule has 1 aromatic heterocycles. The van der Waals surface area contributed by atoms with Gasteiger partial charge in [0, 0.05) is 12.6 Å². The van der Waals surface area contributed by atoms with Crippen molar-refractivity contribution < 1.29 is 0 Å². The van der Waals surface area contributed by atoms with Crippen LogP contribution in [0.25, 0.3) is 0 Å². The molecule has 0 unspecified atom stereocenters. The maximum Gasteiger partial charge on any atom is 0.271 e. The van der Waals surface area contributed by atoms with Crippen LogP contribution >= 0.6 is 11.6 Å². The van der Waals surface area contributed by atoms with Crippen molar-refractivity contribution >= 4 is 17.4 Å². The topological polar surface area (TPSA) is 83.8 Å². The molecule has 1 heterocycles. The van der Waals surface area contributed by atoms with Crippen LogP contribution in [0.3, 0.4) is 0 Å². The Morgan fingerprint density at radius 2 is 2.40 bits per heavy atom. The molecule has 0 amide bonds. The van der Waals surface area contributed by atoms with Gasteiger partial charge >= 0.3 is 0 Å². The minimum atomic E-state index is -0.320. The third kappa shape index (κ3) is 2.30. The summed E-state index contributed by atoms with van der Waals surface area (Å²) in [5.74, 6) is 1.01. The summed E-state index contributed by atoms with van der Waals surface area (Å²) >= 11 is 5.77. The summed E-state index contributed by atoms with van der Waals surface area (Å²) in [6.07, 6.45) is 3.38. The largest absolute Gasteiger partial charge is 0.368 e. The molecule has 0 radical (unpaired) electrons. The molecule has 15 heavy (non-hydrogen) atoms. The lowest BCUT2D eigenvalue weighted by atomic mass is 9.81. The Morgan fingerprint density at radius 3 is 3.07 bits per heavy atom. The van der Waals surface area contributed by atoms with Crippen LogP contribution in [-0.4, -0.2) is 22.6 Å². The highest BCUT2D eigenvalue weighted by atomic mass is 35.5. The van der Waals surface area contributed by atoms with Gasteiger partial charge in [-0.05, 0) is 18.8 Å². The molecule has 0 spiro atoms. The van der Waals surface area contributed by atoms with Crippen molar-refractivity contribution in [3.8, 4) is 0 Å². The predicted molar refractivity (Wildman–Crippen MR) is 59.1 cm³/mol. The first-order valence-electron chi connectivity index (χ1n) is 4.89. The van der Waals surface area contributed by atoms with E-state index in [0.29, 0.717) is 17.8 Å². The van der Waals surface area contributed by atoms with Gasteiger partial charge < -0.3 is 16.0 Å². The maximum absolute atomic E-state index is 11.1. The van der Waals surface area contributed by atoms with E-state index >= 15 is 0 Å². The van der Waals surface area contributed by atoms with E-state index in [1.807, 2.05) is 0 Å². The zero-order chi connectivity index (χ0) is 10.8. The number of H-pyrrole nitrogens is 1. The Bertz CT molecular complexity index is 399. The summed E-state index contributed by atoms with van der Waals surface area (Å²) in [4.78, 5) is 17.5. The highest BCUT2D eigenvalue weighted by Gasteiger charge is 2.25. The standard InChI is InChI=1S/C9H13ClN4O/c10-7-8(13-4-14-9(7)15)12-3-5-1-6(11)2-5/h4-6H,1-3,11H2,(H2,12,13,14,15). The molecule has 1 aromatic rings. The second kappa shape index (κ2) is 4.20. The minimum absolute atomic E-state index is 0.112. The average molecular weight is 229 g/mol. The summed E-state index contributed by atoms with van der Waals surface area (Å²) < 4.78 is 0.